The van der Waals surface area contributed by atoms with Crippen LogP contribution in [0.5, 0.6) is 0 Å². The number of rotatable bonds is 2. The highest BCUT2D eigenvalue weighted by Gasteiger charge is 2.48. The fourth-order valence-corrected chi connectivity index (χ4v) is 2.47. The van der Waals surface area contributed by atoms with Gasteiger partial charge >= 0.3 is 5.97 Å². The molecule has 1 aliphatic rings. The topological polar surface area (TPSA) is 43.4 Å². The van der Waals surface area contributed by atoms with Gasteiger partial charge in [0.05, 0.1) is 6.61 Å². The molecular weight excluding hydrogens is 283 g/mol. The fraction of sp³-hybridized carbons (Fsp3) is 0.778. The molecule has 0 N–H and O–H groups in total. The number of esters is 1. The minimum atomic E-state index is -0.548. The Morgan fingerprint density at radius 2 is 2.38 bits per heavy atom. The molecule has 0 bridgehead atoms. The minimum Gasteiger partial charge on any atom is -0.465 e. The first kappa shape index (κ1) is 10.9. The van der Waals surface area contributed by atoms with Crippen LogP contribution in [0.15, 0.2) is 0 Å². The van der Waals surface area contributed by atoms with Gasteiger partial charge in [-0.25, -0.2) is 0 Å². The summed E-state index contributed by atoms with van der Waals surface area (Å²) in [6.45, 7) is 4.03. The van der Waals surface area contributed by atoms with E-state index < -0.39 is 5.92 Å². The average Bonchev–Trinajstić information content (AvgIpc) is 2.26. The molecule has 1 aliphatic carbocycles. The maximum absolute atomic E-state index is 11.4. The lowest BCUT2D eigenvalue weighted by Gasteiger charge is -2.21. The summed E-state index contributed by atoms with van der Waals surface area (Å²) in [5.41, 5.74) is 0. The summed E-state index contributed by atoms with van der Waals surface area (Å²) in [7, 11) is 0. The lowest BCUT2D eigenvalue weighted by Crippen LogP contribution is -2.34. The quantitative estimate of drug-likeness (QED) is 0.337. The van der Waals surface area contributed by atoms with Crippen LogP contribution in [0.4, 0.5) is 0 Å². The van der Waals surface area contributed by atoms with Crippen molar-refractivity contribution in [1.29, 1.82) is 0 Å². The molecule has 1 saturated carbocycles. The van der Waals surface area contributed by atoms with Crippen LogP contribution in [0.2, 0.25) is 0 Å². The molecule has 13 heavy (non-hydrogen) atoms. The first-order valence-corrected chi connectivity index (χ1v) is 5.45. The van der Waals surface area contributed by atoms with Crippen LogP contribution < -0.4 is 0 Å². The minimum absolute atomic E-state index is 0.0235. The molecule has 0 aromatic carbocycles. The summed E-state index contributed by atoms with van der Waals surface area (Å²) < 4.78 is 4.62. The zero-order valence-electron chi connectivity index (χ0n) is 7.80. The Bertz CT molecular complexity index is 235. The highest BCUT2D eigenvalue weighted by molar-refractivity contribution is 14.1. The van der Waals surface area contributed by atoms with E-state index in [0.717, 1.165) is 6.42 Å². The molecule has 74 valence electrons. The van der Waals surface area contributed by atoms with Crippen molar-refractivity contribution in [2.75, 3.05) is 6.61 Å². The zero-order chi connectivity index (χ0) is 10.1. The number of carbonyl (C=O) groups excluding carboxylic acids is 2. The summed E-state index contributed by atoms with van der Waals surface area (Å²) in [6.07, 6.45) is 1.28. The van der Waals surface area contributed by atoms with Gasteiger partial charge in [-0.3, -0.25) is 9.59 Å². The van der Waals surface area contributed by atoms with Crippen molar-refractivity contribution in [3.63, 3.8) is 0 Å². The van der Waals surface area contributed by atoms with Crippen molar-refractivity contribution in [2.24, 2.45) is 5.92 Å². The van der Waals surface area contributed by atoms with Crippen molar-refractivity contribution in [3.8, 4) is 0 Å². The van der Waals surface area contributed by atoms with Gasteiger partial charge in [0.1, 0.15) is 11.7 Å². The molecule has 0 aromatic rings. The van der Waals surface area contributed by atoms with Gasteiger partial charge in [0.15, 0.2) is 0 Å². The molecule has 0 aromatic heterocycles. The summed E-state index contributed by atoms with van der Waals surface area (Å²) >= 11 is 2.18. The molecule has 0 saturated heterocycles. The number of alkyl halides is 1. The maximum atomic E-state index is 11.4. The second kappa shape index (κ2) is 3.94. The Balaban J connectivity index is 2.76. The Hall–Kier alpha value is -0.130. The predicted molar refractivity (Wildman–Crippen MR) is 56.8 cm³/mol. The molecule has 4 heteroatoms. The van der Waals surface area contributed by atoms with Gasteiger partial charge in [0.2, 0.25) is 0 Å². The SMILES string of the molecule is CCOC(=O)C1C(=O)CCC1(C)I. The molecule has 3 nitrogen and oxygen atoms in total. The standard InChI is InChI=1S/C9H13IO3/c1-3-13-8(12)7-6(11)4-5-9(7,2)10/h7H,3-5H2,1-2H3. The number of Topliss-reactive ketones (excluding diaryl/α,β-unsaturated/α-hetero) is 1. The van der Waals surface area contributed by atoms with Gasteiger partial charge in [0.25, 0.3) is 0 Å². The maximum Gasteiger partial charge on any atom is 0.317 e. The van der Waals surface area contributed by atoms with E-state index >= 15 is 0 Å². The van der Waals surface area contributed by atoms with Gasteiger partial charge < -0.3 is 4.74 Å². The van der Waals surface area contributed by atoms with E-state index in [9.17, 15) is 9.59 Å². The van der Waals surface area contributed by atoms with E-state index in [1.165, 1.54) is 0 Å². The van der Waals surface area contributed by atoms with E-state index in [0.29, 0.717) is 13.0 Å². The molecule has 1 rings (SSSR count). The molecular formula is C9H13IO3. The third-order valence-electron chi connectivity index (χ3n) is 2.31. The third-order valence-corrected chi connectivity index (χ3v) is 3.47. The van der Waals surface area contributed by atoms with Crippen LogP contribution in [0.3, 0.4) is 0 Å². The van der Waals surface area contributed by atoms with Crippen molar-refractivity contribution in [3.05, 3.63) is 0 Å². The number of hydrogen-bond acceptors (Lipinski definition) is 3. The summed E-state index contributed by atoms with van der Waals surface area (Å²) in [5, 5.41) is 0. The molecule has 2 atom stereocenters. The Morgan fingerprint density at radius 1 is 1.77 bits per heavy atom. The molecule has 0 spiro atoms. The summed E-state index contributed by atoms with van der Waals surface area (Å²) in [4.78, 5) is 22.8. The van der Waals surface area contributed by atoms with Gasteiger partial charge in [-0.2, -0.15) is 0 Å². The highest BCUT2D eigenvalue weighted by atomic mass is 127. The van der Waals surface area contributed by atoms with Gasteiger partial charge in [-0.05, 0) is 20.3 Å². The lowest BCUT2D eigenvalue weighted by molar-refractivity contribution is -0.150. The summed E-state index contributed by atoms with van der Waals surface area (Å²) in [6, 6.07) is 0. The van der Waals surface area contributed by atoms with Crippen LogP contribution in [0.1, 0.15) is 26.7 Å². The Labute approximate surface area is 91.4 Å². The Kier molecular flexibility index (Phi) is 3.32. The van der Waals surface area contributed by atoms with E-state index in [1.54, 1.807) is 6.92 Å². The fourth-order valence-electron chi connectivity index (χ4n) is 1.59. The zero-order valence-corrected chi connectivity index (χ0v) is 9.96. The van der Waals surface area contributed by atoms with E-state index in [1.807, 2.05) is 6.92 Å². The van der Waals surface area contributed by atoms with Crippen LogP contribution >= 0.6 is 22.6 Å². The third kappa shape index (κ3) is 2.21. The molecule has 2 unspecified atom stereocenters. The van der Waals surface area contributed by atoms with Crippen molar-refractivity contribution in [1.82, 2.24) is 0 Å². The van der Waals surface area contributed by atoms with Gasteiger partial charge in [0, 0.05) is 9.84 Å². The normalized spacial score (nSPS) is 33.5. The first-order chi connectivity index (χ1) is 5.99. The molecule has 0 heterocycles. The number of ketones is 1. The van der Waals surface area contributed by atoms with Crippen molar-refractivity contribution < 1.29 is 14.3 Å². The first-order valence-electron chi connectivity index (χ1n) is 4.37. The van der Waals surface area contributed by atoms with E-state index in [4.69, 9.17) is 4.74 Å². The number of ether oxygens (including phenoxy) is 1. The second-order valence-corrected chi connectivity index (χ2v) is 5.89. The van der Waals surface area contributed by atoms with Gasteiger partial charge in [-0.15, -0.1) is 0 Å². The molecule has 0 aliphatic heterocycles. The molecule has 1 fully saturated rings. The van der Waals surface area contributed by atoms with E-state index in [2.05, 4.69) is 22.6 Å². The predicted octanol–water partition coefficient (Wildman–Crippen LogP) is 1.72. The molecule has 0 radical (unpaired) electrons. The lowest BCUT2D eigenvalue weighted by atomic mass is 9.98. The monoisotopic (exact) mass is 296 g/mol. The highest BCUT2D eigenvalue weighted by Crippen LogP contribution is 2.41. The van der Waals surface area contributed by atoms with Crippen molar-refractivity contribution >= 4 is 34.3 Å². The van der Waals surface area contributed by atoms with Crippen molar-refractivity contribution in [2.45, 2.75) is 30.1 Å². The Morgan fingerprint density at radius 3 is 2.77 bits per heavy atom. The van der Waals surface area contributed by atoms with Crippen LogP contribution in [-0.2, 0) is 14.3 Å². The second-order valence-electron chi connectivity index (χ2n) is 3.43. The summed E-state index contributed by atoms with van der Waals surface area (Å²) in [5.74, 6) is -0.884. The smallest absolute Gasteiger partial charge is 0.317 e. The van der Waals surface area contributed by atoms with Gasteiger partial charge in [-0.1, -0.05) is 22.6 Å². The average molecular weight is 296 g/mol. The number of hydrogen-bond donors (Lipinski definition) is 0. The molecule has 0 amide bonds. The largest absolute Gasteiger partial charge is 0.465 e. The van der Waals surface area contributed by atoms with Crippen LogP contribution in [0.25, 0.3) is 0 Å². The number of carbonyl (C=O) groups is 2. The number of halogens is 1. The van der Waals surface area contributed by atoms with E-state index in [-0.39, 0.29) is 15.2 Å². The van der Waals surface area contributed by atoms with Crippen LogP contribution in [-0.4, -0.2) is 21.8 Å². The van der Waals surface area contributed by atoms with Crippen LogP contribution in [0, 0.1) is 5.92 Å².